The molecule has 3 heterocycles. The van der Waals surface area contributed by atoms with Crippen LogP contribution < -0.4 is 15.4 Å². The van der Waals surface area contributed by atoms with Crippen LogP contribution in [0.5, 0.6) is 5.75 Å². The zero-order valence-electron chi connectivity index (χ0n) is 22.6. The van der Waals surface area contributed by atoms with Gasteiger partial charge in [-0.25, -0.2) is 13.5 Å². The molecule has 42 heavy (non-hydrogen) atoms. The van der Waals surface area contributed by atoms with E-state index in [2.05, 4.69) is 41.0 Å². The van der Waals surface area contributed by atoms with Crippen molar-refractivity contribution in [1.82, 2.24) is 40.3 Å². The van der Waals surface area contributed by atoms with Gasteiger partial charge in [0.05, 0.1) is 37.6 Å². The Hall–Kier alpha value is -4.89. The minimum atomic E-state index is -3.47. The van der Waals surface area contributed by atoms with Crippen molar-refractivity contribution in [3.63, 3.8) is 0 Å². The van der Waals surface area contributed by atoms with Crippen LogP contribution in [0.15, 0.2) is 48.9 Å². The van der Waals surface area contributed by atoms with Crippen LogP contribution >= 0.6 is 0 Å². The van der Waals surface area contributed by atoms with Crippen LogP contribution in [0.1, 0.15) is 40.7 Å². The van der Waals surface area contributed by atoms with Gasteiger partial charge in [0.1, 0.15) is 17.7 Å². The quantitative estimate of drug-likeness (QED) is 0.227. The van der Waals surface area contributed by atoms with Gasteiger partial charge in [0.25, 0.3) is 5.91 Å². The number of nitrogens with one attached hydrogen (secondary N) is 2. The van der Waals surface area contributed by atoms with Crippen LogP contribution in [0.3, 0.4) is 0 Å². The van der Waals surface area contributed by atoms with Crippen LogP contribution in [0.2, 0.25) is 0 Å². The van der Waals surface area contributed by atoms with Crippen LogP contribution in [0.25, 0.3) is 0 Å². The minimum Gasteiger partial charge on any atom is -0.433 e. The lowest BCUT2D eigenvalue weighted by atomic mass is 10.1. The molecule has 222 valence electrons. The molecule has 0 aliphatic rings. The smallest absolute Gasteiger partial charge is 0.394 e. The third kappa shape index (κ3) is 9.07. The highest BCUT2D eigenvalue weighted by Gasteiger charge is 2.24. The third-order valence-corrected chi connectivity index (χ3v) is 5.70. The Bertz CT molecular complexity index is 1540. The molecule has 2 N–H and O–H groups in total. The van der Waals surface area contributed by atoms with Gasteiger partial charge < -0.3 is 15.4 Å². The van der Waals surface area contributed by atoms with E-state index < -0.39 is 36.3 Å². The number of hydrogen-bond acceptors (Lipinski definition) is 8. The molecule has 0 spiro atoms. The van der Waals surface area contributed by atoms with Crippen molar-refractivity contribution in [2.75, 3.05) is 5.32 Å². The number of halogens is 4. The van der Waals surface area contributed by atoms with Gasteiger partial charge in [0, 0.05) is 31.6 Å². The zero-order chi connectivity index (χ0) is 30.3. The summed E-state index contributed by atoms with van der Waals surface area (Å²) >= 11 is 0. The number of nitrogens with zero attached hydrogens (tertiary/aromatic N) is 7. The predicted octanol–water partition coefficient (Wildman–Crippen LogP) is 3.24. The Morgan fingerprint density at radius 2 is 1.88 bits per heavy atom. The fourth-order valence-electron chi connectivity index (χ4n) is 3.80. The Morgan fingerprint density at radius 1 is 1.10 bits per heavy atom. The number of hydrogen-bond donors (Lipinski definition) is 2. The summed E-state index contributed by atoms with van der Waals surface area (Å²) in [6.45, 7) is 2.62. The number of carbonyl (C=O) groups is 2. The normalized spacial score (nSPS) is 12.1. The van der Waals surface area contributed by atoms with Crippen molar-refractivity contribution in [3.05, 3.63) is 77.3 Å². The molecule has 1 unspecified atom stereocenters. The molecule has 0 saturated carbocycles. The van der Waals surface area contributed by atoms with E-state index >= 15 is 0 Å². The van der Waals surface area contributed by atoms with Crippen molar-refractivity contribution in [2.24, 2.45) is 0 Å². The van der Waals surface area contributed by atoms with E-state index in [0.717, 1.165) is 23.8 Å². The second kappa shape index (κ2) is 13.2. The summed E-state index contributed by atoms with van der Waals surface area (Å²) in [6.07, 6.45) is -0.965. The molecular weight excluding hydrogens is 562 g/mol. The maximum Gasteiger partial charge on any atom is 0.394 e. The fraction of sp³-hybridized carbons (Fsp3) is 0.346. The molecule has 4 aromatic rings. The highest BCUT2D eigenvalue weighted by atomic mass is 19.3. The van der Waals surface area contributed by atoms with Gasteiger partial charge in [-0.1, -0.05) is 10.4 Å². The third-order valence-electron chi connectivity index (χ3n) is 5.70. The molecule has 4 rings (SSSR count). The number of carbonyl (C=O) groups excluding carboxylic acids is 2. The average Bonchev–Trinajstić information content (AvgIpc) is 3.57. The van der Waals surface area contributed by atoms with Gasteiger partial charge in [0.2, 0.25) is 5.91 Å². The van der Waals surface area contributed by atoms with Gasteiger partial charge in [-0.2, -0.15) is 8.78 Å². The standard InChI is InChI=1S/C26H27F4N9O3/c1-16-5-7-31-19(9-16)12-32-25(41)22-14-38(36-34-22)8-6-18(27)13-39-15-23(35-37-39)33-24(40)11-17-10-20(3-4-21(17)28)42-26(2,29)30/h3-5,7,9-10,14-15,18H,6,8,11-13H2,1-2H3,(H,32,41)(H,33,40). The van der Waals surface area contributed by atoms with Crippen LogP contribution in [0, 0.1) is 12.7 Å². The highest BCUT2D eigenvalue weighted by Crippen LogP contribution is 2.24. The Labute approximate surface area is 237 Å². The number of rotatable bonds is 13. The molecule has 0 saturated heterocycles. The lowest BCUT2D eigenvalue weighted by Gasteiger charge is -2.14. The summed E-state index contributed by atoms with van der Waals surface area (Å²) in [5, 5.41) is 20.3. The monoisotopic (exact) mass is 589 g/mol. The van der Waals surface area contributed by atoms with Gasteiger partial charge in [-0.15, -0.1) is 10.2 Å². The first-order valence-electron chi connectivity index (χ1n) is 12.7. The minimum absolute atomic E-state index is 0.00658. The summed E-state index contributed by atoms with van der Waals surface area (Å²) in [6, 6.07) is 6.64. The van der Waals surface area contributed by atoms with Crippen molar-refractivity contribution < 1.29 is 31.9 Å². The van der Waals surface area contributed by atoms with E-state index in [4.69, 9.17) is 0 Å². The maximum absolute atomic E-state index is 14.6. The molecule has 0 bridgehead atoms. The molecule has 12 nitrogen and oxygen atoms in total. The molecule has 0 aliphatic carbocycles. The molecule has 2 amide bonds. The van der Waals surface area contributed by atoms with Crippen LogP contribution in [-0.4, -0.2) is 59.1 Å². The SMILES string of the molecule is Cc1ccnc(CNC(=O)c2cn(CCC(F)Cn3cc(NC(=O)Cc4cc(OC(C)(F)F)ccc4F)nn3)nn2)c1. The lowest BCUT2D eigenvalue weighted by molar-refractivity contribution is -0.159. The molecule has 0 aliphatic heterocycles. The van der Waals surface area contributed by atoms with Crippen LogP contribution in [-0.2, 0) is 30.8 Å². The van der Waals surface area contributed by atoms with Gasteiger partial charge >= 0.3 is 6.11 Å². The second-order valence-electron chi connectivity index (χ2n) is 9.47. The molecule has 1 atom stereocenters. The summed E-state index contributed by atoms with van der Waals surface area (Å²) in [5.41, 5.74) is 1.63. The molecular formula is C26H27F4N9O3. The van der Waals surface area contributed by atoms with Gasteiger partial charge in [-0.3, -0.25) is 19.3 Å². The Balaban J connectivity index is 1.22. The molecule has 0 fully saturated rings. The van der Waals surface area contributed by atoms with E-state index in [1.165, 1.54) is 21.8 Å². The highest BCUT2D eigenvalue weighted by molar-refractivity contribution is 5.92. The zero-order valence-corrected chi connectivity index (χ0v) is 22.6. The van der Waals surface area contributed by atoms with Gasteiger partial charge in [-0.05, 0) is 42.8 Å². The lowest BCUT2D eigenvalue weighted by Crippen LogP contribution is -2.23. The topological polar surface area (TPSA) is 142 Å². The van der Waals surface area contributed by atoms with Crippen molar-refractivity contribution in [1.29, 1.82) is 0 Å². The number of ether oxygens (including phenoxy) is 1. The predicted molar refractivity (Wildman–Crippen MR) is 140 cm³/mol. The van der Waals surface area contributed by atoms with Crippen molar-refractivity contribution in [2.45, 2.75) is 58.6 Å². The Kier molecular flexibility index (Phi) is 9.44. The summed E-state index contributed by atoms with van der Waals surface area (Å²) < 4.78 is 61.7. The number of alkyl halides is 3. The fourth-order valence-corrected chi connectivity index (χ4v) is 3.80. The second-order valence-corrected chi connectivity index (χ2v) is 9.47. The molecule has 16 heteroatoms. The molecule has 1 aromatic carbocycles. The molecule has 0 radical (unpaired) electrons. The Morgan fingerprint density at radius 3 is 2.64 bits per heavy atom. The van der Waals surface area contributed by atoms with E-state index in [-0.39, 0.29) is 48.9 Å². The summed E-state index contributed by atoms with van der Waals surface area (Å²) in [7, 11) is 0. The number of aromatic nitrogens is 7. The number of benzene rings is 1. The largest absolute Gasteiger partial charge is 0.433 e. The first kappa shape index (κ1) is 30.1. The van der Waals surface area contributed by atoms with E-state index in [9.17, 15) is 27.2 Å². The van der Waals surface area contributed by atoms with E-state index in [0.29, 0.717) is 12.6 Å². The summed E-state index contributed by atoms with van der Waals surface area (Å²) in [4.78, 5) is 28.8. The van der Waals surface area contributed by atoms with E-state index in [1.807, 2.05) is 19.1 Å². The number of aryl methyl sites for hydroxylation is 2. The average molecular weight is 590 g/mol. The number of anilines is 1. The number of amides is 2. The van der Waals surface area contributed by atoms with E-state index in [1.54, 1.807) is 6.20 Å². The molecule has 3 aromatic heterocycles. The van der Waals surface area contributed by atoms with Gasteiger partial charge in [0.15, 0.2) is 11.5 Å². The summed E-state index contributed by atoms with van der Waals surface area (Å²) in [5.74, 6) is -2.22. The van der Waals surface area contributed by atoms with Crippen LogP contribution in [0.4, 0.5) is 23.4 Å². The van der Waals surface area contributed by atoms with Crippen molar-refractivity contribution in [3.8, 4) is 5.75 Å². The number of pyridine rings is 1. The first-order chi connectivity index (χ1) is 19.9. The van der Waals surface area contributed by atoms with Crippen molar-refractivity contribution >= 4 is 17.6 Å². The maximum atomic E-state index is 14.6. The first-order valence-corrected chi connectivity index (χ1v) is 12.7.